The lowest BCUT2D eigenvalue weighted by atomic mass is 10.0. The fraction of sp³-hybridized carbons (Fsp3) is 0.167. The van der Waals surface area contributed by atoms with Crippen LogP contribution in [0.4, 0.5) is 0 Å². The first-order valence-corrected chi connectivity index (χ1v) is 2.47. The predicted molar refractivity (Wildman–Crippen MR) is 34.4 cm³/mol. The molecule has 1 heterocycles. The molecule has 0 bridgehead atoms. The van der Waals surface area contributed by atoms with Gasteiger partial charge in [-0.3, -0.25) is 4.98 Å². The Kier molecular flexibility index (Phi) is 1.33. The van der Waals surface area contributed by atoms with Crippen molar-refractivity contribution in [2.24, 2.45) is 0 Å². The Morgan fingerprint density at radius 1 is 1.50 bits per heavy atom. The minimum absolute atomic E-state index is 0.579. The fourth-order valence-electron chi connectivity index (χ4n) is 0.479. The molecule has 0 amide bonds. The summed E-state index contributed by atoms with van der Waals surface area (Å²) in [4.78, 5) is 3.86. The van der Waals surface area contributed by atoms with Crippen molar-refractivity contribution < 1.29 is 0 Å². The van der Waals surface area contributed by atoms with Crippen LogP contribution in [0.5, 0.6) is 0 Å². The maximum atomic E-state index is 5.32. The van der Waals surface area contributed by atoms with Crippen molar-refractivity contribution in [3.63, 3.8) is 0 Å². The van der Waals surface area contributed by atoms with E-state index in [-0.39, 0.29) is 0 Å². The predicted octanol–water partition coefficient (Wildman–Crippen LogP) is 0.184. The zero-order valence-electron chi connectivity index (χ0n) is 4.76. The highest BCUT2D eigenvalue weighted by Gasteiger charge is 1.80. The van der Waals surface area contributed by atoms with Crippen LogP contribution in [0.2, 0.25) is 0 Å². The molecule has 0 fully saturated rings. The second kappa shape index (κ2) is 1.99. The quantitative estimate of drug-likeness (QED) is 0.427. The molecule has 2 heteroatoms. The molecule has 0 unspecified atom stereocenters. The summed E-state index contributed by atoms with van der Waals surface area (Å²) in [6.07, 6.45) is 1.75. The van der Waals surface area contributed by atoms with Crippen LogP contribution in [0.1, 0.15) is 5.56 Å². The highest BCUT2D eigenvalue weighted by Crippen LogP contribution is 1.86. The van der Waals surface area contributed by atoms with Gasteiger partial charge in [0, 0.05) is 6.20 Å². The molecule has 38 valence electrons. The van der Waals surface area contributed by atoms with Gasteiger partial charge in [0.2, 0.25) is 0 Å². The fourth-order valence-corrected chi connectivity index (χ4v) is 0.479. The minimum Gasteiger partial charge on any atom is -0.273 e. The van der Waals surface area contributed by atoms with Crippen molar-refractivity contribution in [2.45, 2.75) is 6.92 Å². The highest BCUT2D eigenvalue weighted by atomic mass is 14.6. The van der Waals surface area contributed by atoms with Gasteiger partial charge in [-0.05, 0) is 18.1 Å². The molecule has 1 rings (SSSR count). The Hall–Kier alpha value is -0.785. The Morgan fingerprint density at radius 3 is 2.62 bits per heavy atom. The molecule has 0 atom stereocenters. The number of nitrogens with zero attached hydrogens (tertiary/aromatic N) is 1. The number of hydrogen-bond acceptors (Lipinski definition) is 1. The Morgan fingerprint density at radius 2 is 2.25 bits per heavy atom. The molecular weight excluding hydrogens is 96.9 g/mol. The van der Waals surface area contributed by atoms with Crippen molar-refractivity contribution in [3.05, 3.63) is 23.9 Å². The van der Waals surface area contributed by atoms with Gasteiger partial charge in [-0.25, -0.2) is 0 Å². The molecule has 0 spiro atoms. The van der Waals surface area contributed by atoms with Gasteiger partial charge in [0.05, 0.1) is 0 Å². The molecule has 0 aliphatic rings. The second-order valence-electron chi connectivity index (χ2n) is 1.76. The zero-order valence-corrected chi connectivity index (χ0v) is 4.76. The van der Waals surface area contributed by atoms with Crippen LogP contribution in [0.3, 0.4) is 0 Å². The number of aryl methyl sites for hydroxylation is 1. The van der Waals surface area contributed by atoms with E-state index in [1.807, 2.05) is 13.0 Å². The summed E-state index contributed by atoms with van der Waals surface area (Å²) in [5.74, 6) is 0. The van der Waals surface area contributed by atoms with E-state index in [1.165, 1.54) is 0 Å². The molecule has 1 aromatic rings. The summed E-state index contributed by atoms with van der Waals surface area (Å²) in [5, 5.41) is 0. The molecule has 1 aromatic heterocycles. The van der Waals surface area contributed by atoms with Crippen LogP contribution in [-0.2, 0) is 0 Å². The smallest absolute Gasteiger partial charge is 0.141 e. The summed E-state index contributed by atoms with van der Waals surface area (Å²) >= 11 is 0. The molecular formula is C6H6BN. The SMILES string of the molecule is [B]c1ccc(C)cn1. The number of aromatic nitrogens is 1. The molecule has 2 radical (unpaired) electrons. The number of rotatable bonds is 0. The molecule has 0 N–H and O–H groups in total. The second-order valence-corrected chi connectivity index (χ2v) is 1.76. The van der Waals surface area contributed by atoms with Gasteiger partial charge < -0.3 is 0 Å². The van der Waals surface area contributed by atoms with Gasteiger partial charge in [0.15, 0.2) is 0 Å². The summed E-state index contributed by atoms with van der Waals surface area (Å²) < 4.78 is 0. The third kappa shape index (κ3) is 1.09. The Labute approximate surface area is 50.2 Å². The van der Waals surface area contributed by atoms with Crippen LogP contribution >= 0.6 is 0 Å². The molecule has 1 nitrogen and oxygen atoms in total. The summed E-state index contributed by atoms with van der Waals surface area (Å²) in [7, 11) is 5.32. The first-order valence-electron chi connectivity index (χ1n) is 2.47. The molecule has 0 saturated carbocycles. The average molecular weight is 103 g/mol. The lowest BCUT2D eigenvalue weighted by Gasteiger charge is -1.89. The van der Waals surface area contributed by atoms with Crippen LogP contribution in [0, 0.1) is 6.92 Å². The number of pyridine rings is 1. The van der Waals surface area contributed by atoms with E-state index in [0.717, 1.165) is 5.56 Å². The largest absolute Gasteiger partial charge is 0.273 e. The van der Waals surface area contributed by atoms with E-state index < -0.39 is 0 Å². The lowest BCUT2D eigenvalue weighted by Crippen LogP contribution is -2.05. The molecule has 0 aliphatic heterocycles. The van der Waals surface area contributed by atoms with Crippen LogP contribution in [0.15, 0.2) is 18.3 Å². The lowest BCUT2D eigenvalue weighted by molar-refractivity contribution is 1.31. The van der Waals surface area contributed by atoms with Gasteiger partial charge >= 0.3 is 0 Å². The topological polar surface area (TPSA) is 12.9 Å². The monoisotopic (exact) mass is 103 g/mol. The minimum atomic E-state index is 0.579. The normalized spacial score (nSPS) is 9.12. The molecule has 0 aromatic carbocycles. The average Bonchev–Trinajstić information content (AvgIpc) is 1.77. The number of hydrogen-bond donors (Lipinski definition) is 0. The zero-order chi connectivity index (χ0) is 5.98. The van der Waals surface area contributed by atoms with Gasteiger partial charge in [0.1, 0.15) is 7.85 Å². The van der Waals surface area contributed by atoms with Crippen LogP contribution in [0.25, 0.3) is 0 Å². The van der Waals surface area contributed by atoms with Crippen LogP contribution < -0.4 is 5.59 Å². The van der Waals surface area contributed by atoms with E-state index in [9.17, 15) is 0 Å². The van der Waals surface area contributed by atoms with E-state index in [4.69, 9.17) is 7.85 Å². The van der Waals surface area contributed by atoms with Crippen molar-refractivity contribution in [1.29, 1.82) is 0 Å². The Balaban J connectivity index is 3.03. The maximum absolute atomic E-state index is 5.32. The van der Waals surface area contributed by atoms with Crippen molar-refractivity contribution in [3.8, 4) is 0 Å². The van der Waals surface area contributed by atoms with Gasteiger partial charge in [-0.15, -0.1) is 0 Å². The third-order valence-corrected chi connectivity index (χ3v) is 0.934. The van der Waals surface area contributed by atoms with Crippen LogP contribution in [-0.4, -0.2) is 12.8 Å². The standard InChI is InChI=1S/C6H6BN/c1-5-2-3-6(7)8-4-5/h2-4H,1H3. The summed E-state index contributed by atoms with van der Waals surface area (Å²) in [6.45, 7) is 1.98. The van der Waals surface area contributed by atoms with Gasteiger partial charge in [-0.2, -0.15) is 0 Å². The molecule has 8 heavy (non-hydrogen) atoms. The Bertz CT molecular complexity index is 147. The summed E-state index contributed by atoms with van der Waals surface area (Å²) in [6, 6.07) is 3.72. The van der Waals surface area contributed by atoms with Gasteiger partial charge in [-0.1, -0.05) is 12.1 Å². The van der Waals surface area contributed by atoms with E-state index in [1.54, 1.807) is 12.3 Å². The third-order valence-electron chi connectivity index (χ3n) is 0.934. The van der Waals surface area contributed by atoms with Crippen molar-refractivity contribution >= 4 is 13.4 Å². The van der Waals surface area contributed by atoms with E-state index in [0.29, 0.717) is 5.59 Å². The molecule has 0 aliphatic carbocycles. The van der Waals surface area contributed by atoms with Crippen molar-refractivity contribution in [1.82, 2.24) is 4.98 Å². The summed E-state index contributed by atoms with van der Waals surface area (Å²) in [5.41, 5.74) is 1.72. The van der Waals surface area contributed by atoms with Gasteiger partial charge in [0.25, 0.3) is 0 Å². The van der Waals surface area contributed by atoms with E-state index >= 15 is 0 Å². The first-order chi connectivity index (χ1) is 3.79. The maximum Gasteiger partial charge on any atom is 0.141 e. The highest BCUT2D eigenvalue weighted by molar-refractivity contribution is 6.30. The first kappa shape index (κ1) is 5.35. The van der Waals surface area contributed by atoms with E-state index in [2.05, 4.69) is 4.98 Å². The van der Waals surface area contributed by atoms with Crippen molar-refractivity contribution in [2.75, 3.05) is 0 Å². The molecule has 0 saturated heterocycles.